The topological polar surface area (TPSA) is 49.3 Å². The summed E-state index contributed by atoms with van der Waals surface area (Å²) < 4.78 is 0. The third-order valence-electron chi connectivity index (χ3n) is 3.13. The molecule has 0 aromatic heterocycles. The first-order valence-electron chi connectivity index (χ1n) is 8.55. The average Bonchev–Trinajstić information content (AvgIpc) is 2.39. The SMILES string of the molecule is CC(=O)O.CCCCCCCCCCCCNCCC. The number of hydrogen-bond donors (Lipinski definition) is 2. The van der Waals surface area contributed by atoms with Gasteiger partial charge in [0.05, 0.1) is 0 Å². The van der Waals surface area contributed by atoms with Gasteiger partial charge in [0.2, 0.25) is 0 Å². The van der Waals surface area contributed by atoms with Gasteiger partial charge in [-0.1, -0.05) is 71.6 Å². The Morgan fingerprint density at radius 3 is 1.55 bits per heavy atom. The third kappa shape index (κ3) is 30.5. The molecular weight excluding hydrogens is 250 g/mol. The van der Waals surface area contributed by atoms with E-state index in [0.29, 0.717) is 0 Å². The molecule has 0 saturated heterocycles. The Bertz CT molecular complexity index is 166. The number of unbranched alkanes of at least 4 members (excludes halogenated alkanes) is 9. The molecule has 0 amide bonds. The standard InChI is InChI=1S/C15H33N.C2H4O2/c1-3-5-6-7-8-9-10-11-12-13-15-16-14-4-2;1-2(3)4/h16H,3-15H2,1-2H3;1H3,(H,3,4). The van der Waals surface area contributed by atoms with E-state index in [2.05, 4.69) is 19.2 Å². The molecule has 0 aliphatic rings. The van der Waals surface area contributed by atoms with E-state index in [9.17, 15) is 0 Å². The fourth-order valence-corrected chi connectivity index (χ4v) is 2.04. The first kappa shape index (κ1) is 21.7. The number of carboxylic acid groups (broad SMARTS) is 1. The molecule has 0 spiro atoms. The van der Waals surface area contributed by atoms with Gasteiger partial charge in [0.15, 0.2) is 0 Å². The minimum absolute atomic E-state index is 0.833. The van der Waals surface area contributed by atoms with Crippen LogP contribution < -0.4 is 5.32 Å². The maximum Gasteiger partial charge on any atom is 0.300 e. The number of rotatable bonds is 13. The van der Waals surface area contributed by atoms with Gasteiger partial charge < -0.3 is 10.4 Å². The van der Waals surface area contributed by atoms with Gasteiger partial charge in [-0.2, -0.15) is 0 Å². The van der Waals surface area contributed by atoms with Gasteiger partial charge >= 0.3 is 0 Å². The van der Waals surface area contributed by atoms with Crippen molar-refractivity contribution in [3.63, 3.8) is 0 Å². The summed E-state index contributed by atoms with van der Waals surface area (Å²) >= 11 is 0. The van der Waals surface area contributed by atoms with Crippen LogP contribution >= 0.6 is 0 Å². The molecule has 0 fully saturated rings. The molecular formula is C17H37NO2. The van der Waals surface area contributed by atoms with E-state index in [1.165, 1.54) is 83.7 Å². The van der Waals surface area contributed by atoms with Gasteiger partial charge in [-0.3, -0.25) is 4.79 Å². The molecule has 0 aromatic carbocycles. The zero-order valence-electron chi connectivity index (χ0n) is 14.0. The van der Waals surface area contributed by atoms with Crippen LogP contribution in [0.4, 0.5) is 0 Å². The highest BCUT2D eigenvalue weighted by atomic mass is 16.4. The maximum atomic E-state index is 9.00. The molecule has 0 rings (SSSR count). The summed E-state index contributed by atoms with van der Waals surface area (Å²) in [6, 6.07) is 0. The Hall–Kier alpha value is -0.570. The van der Waals surface area contributed by atoms with E-state index in [-0.39, 0.29) is 0 Å². The van der Waals surface area contributed by atoms with Gasteiger partial charge in [0, 0.05) is 6.92 Å². The van der Waals surface area contributed by atoms with Crippen molar-refractivity contribution in [3.05, 3.63) is 0 Å². The van der Waals surface area contributed by atoms with E-state index < -0.39 is 5.97 Å². The Labute approximate surface area is 126 Å². The molecule has 3 heteroatoms. The Balaban J connectivity index is 0. The number of aliphatic carboxylic acids is 1. The van der Waals surface area contributed by atoms with Crippen LogP contribution in [0.1, 0.15) is 91.4 Å². The molecule has 0 aromatic rings. The normalized spacial score (nSPS) is 9.95. The van der Waals surface area contributed by atoms with Crippen LogP contribution in [0.25, 0.3) is 0 Å². The zero-order chi connectivity index (χ0) is 15.5. The van der Waals surface area contributed by atoms with Crippen LogP contribution in [-0.2, 0) is 4.79 Å². The fraction of sp³-hybridized carbons (Fsp3) is 0.941. The van der Waals surface area contributed by atoms with Gasteiger partial charge in [0.25, 0.3) is 5.97 Å². The van der Waals surface area contributed by atoms with E-state index >= 15 is 0 Å². The molecule has 122 valence electrons. The number of nitrogens with one attached hydrogen (secondary N) is 1. The van der Waals surface area contributed by atoms with Crippen LogP contribution in [0.5, 0.6) is 0 Å². The van der Waals surface area contributed by atoms with Gasteiger partial charge in [0.1, 0.15) is 0 Å². The first-order valence-corrected chi connectivity index (χ1v) is 8.55. The molecule has 0 aliphatic heterocycles. The molecule has 0 radical (unpaired) electrons. The Morgan fingerprint density at radius 2 is 1.15 bits per heavy atom. The number of carbonyl (C=O) groups is 1. The van der Waals surface area contributed by atoms with Crippen LogP contribution in [0.15, 0.2) is 0 Å². The fourth-order valence-electron chi connectivity index (χ4n) is 2.04. The van der Waals surface area contributed by atoms with Crippen molar-refractivity contribution >= 4 is 5.97 Å². The largest absolute Gasteiger partial charge is 0.481 e. The second-order valence-electron chi connectivity index (χ2n) is 5.45. The number of carboxylic acids is 1. The Morgan fingerprint density at radius 1 is 0.750 bits per heavy atom. The lowest BCUT2D eigenvalue weighted by molar-refractivity contribution is -0.134. The highest BCUT2D eigenvalue weighted by molar-refractivity contribution is 5.62. The van der Waals surface area contributed by atoms with E-state index in [1.54, 1.807) is 0 Å². The smallest absolute Gasteiger partial charge is 0.300 e. The molecule has 0 atom stereocenters. The zero-order valence-corrected chi connectivity index (χ0v) is 14.0. The summed E-state index contributed by atoms with van der Waals surface area (Å²) in [4.78, 5) is 9.00. The maximum absolute atomic E-state index is 9.00. The van der Waals surface area contributed by atoms with Crippen molar-refractivity contribution in [2.45, 2.75) is 91.4 Å². The number of hydrogen-bond acceptors (Lipinski definition) is 2. The molecule has 0 unspecified atom stereocenters. The highest BCUT2D eigenvalue weighted by Crippen LogP contribution is 2.10. The molecule has 2 N–H and O–H groups in total. The lowest BCUT2D eigenvalue weighted by Crippen LogP contribution is -2.15. The minimum Gasteiger partial charge on any atom is -0.481 e. The van der Waals surface area contributed by atoms with Gasteiger partial charge in [-0.25, -0.2) is 0 Å². The van der Waals surface area contributed by atoms with Crippen molar-refractivity contribution in [2.24, 2.45) is 0 Å². The van der Waals surface area contributed by atoms with Crippen molar-refractivity contribution in [3.8, 4) is 0 Å². The molecule has 0 heterocycles. The second-order valence-corrected chi connectivity index (χ2v) is 5.45. The summed E-state index contributed by atoms with van der Waals surface area (Å²) in [5, 5.41) is 10.9. The summed E-state index contributed by atoms with van der Waals surface area (Å²) in [5.74, 6) is -0.833. The van der Waals surface area contributed by atoms with Crippen LogP contribution in [-0.4, -0.2) is 24.2 Å². The van der Waals surface area contributed by atoms with Crippen LogP contribution in [0, 0.1) is 0 Å². The second kappa shape index (κ2) is 20.7. The predicted octanol–water partition coefficient (Wildman–Crippen LogP) is 5.00. The first-order chi connectivity index (χ1) is 9.65. The monoisotopic (exact) mass is 287 g/mol. The molecule has 0 saturated carbocycles. The van der Waals surface area contributed by atoms with E-state index in [4.69, 9.17) is 9.90 Å². The van der Waals surface area contributed by atoms with Crippen LogP contribution in [0.3, 0.4) is 0 Å². The van der Waals surface area contributed by atoms with Crippen LogP contribution in [0.2, 0.25) is 0 Å². The molecule has 3 nitrogen and oxygen atoms in total. The third-order valence-corrected chi connectivity index (χ3v) is 3.13. The van der Waals surface area contributed by atoms with Crippen molar-refractivity contribution in [1.82, 2.24) is 5.32 Å². The lowest BCUT2D eigenvalue weighted by atomic mass is 10.1. The molecule has 0 aliphatic carbocycles. The Kier molecular flexibility index (Phi) is 22.5. The van der Waals surface area contributed by atoms with Crippen molar-refractivity contribution < 1.29 is 9.90 Å². The summed E-state index contributed by atoms with van der Waals surface area (Å²) in [7, 11) is 0. The van der Waals surface area contributed by atoms with Gasteiger partial charge in [-0.15, -0.1) is 0 Å². The predicted molar refractivity (Wildman–Crippen MR) is 88.3 cm³/mol. The molecule has 0 bridgehead atoms. The minimum atomic E-state index is -0.833. The lowest BCUT2D eigenvalue weighted by Gasteiger charge is -2.03. The summed E-state index contributed by atoms with van der Waals surface area (Å²) in [6.07, 6.45) is 15.6. The van der Waals surface area contributed by atoms with Gasteiger partial charge in [-0.05, 0) is 25.9 Å². The average molecular weight is 287 g/mol. The molecule has 20 heavy (non-hydrogen) atoms. The summed E-state index contributed by atoms with van der Waals surface area (Å²) in [6.45, 7) is 8.01. The highest BCUT2D eigenvalue weighted by Gasteiger charge is 1.92. The van der Waals surface area contributed by atoms with E-state index in [0.717, 1.165) is 6.92 Å². The van der Waals surface area contributed by atoms with Crippen molar-refractivity contribution in [2.75, 3.05) is 13.1 Å². The van der Waals surface area contributed by atoms with E-state index in [1.807, 2.05) is 0 Å². The summed E-state index contributed by atoms with van der Waals surface area (Å²) in [5.41, 5.74) is 0. The van der Waals surface area contributed by atoms with Crippen molar-refractivity contribution in [1.29, 1.82) is 0 Å². The quantitative estimate of drug-likeness (QED) is 0.469.